The molecule has 0 bridgehead atoms. The van der Waals surface area contributed by atoms with Gasteiger partial charge >= 0.3 is 5.97 Å². The third kappa shape index (κ3) is 1.73. The standard InChI is InChI=1S/C10H8O2S/c11-10(12)5-4-8-6-7-2-1-3-9(7)13-8/h6H,1-3H2,(H,11,12). The molecule has 0 atom stereocenters. The number of rotatable bonds is 0. The molecule has 2 rings (SSSR count). The lowest BCUT2D eigenvalue weighted by molar-refractivity contribution is -0.130. The molecule has 0 radical (unpaired) electrons. The highest BCUT2D eigenvalue weighted by molar-refractivity contribution is 7.12. The van der Waals surface area contributed by atoms with Crippen molar-refractivity contribution in [3.05, 3.63) is 21.4 Å². The van der Waals surface area contributed by atoms with E-state index < -0.39 is 5.97 Å². The number of carboxylic acid groups (broad SMARTS) is 1. The van der Waals surface area contributed by atoms with Crippen molar-refractivity contribution in [3.63, 3.8) is 0 Å². The zero-order valence-corrected chi connectivity index (χ0v) is 7.78. The molecule has 0 aromatic carbocycles. The van der Waals surface area contributed by atoms with E-state index in [0.29, 0.717) is 0 Å². The number of fused-ring (bicyclic) bond motifs is 1. The van der Waals surface area contributed by atoms with Crippen molar-refractivity contribution in [1.82, 2.24) is 0 Å². The van der Waals surface area contributed by atoms with E-state index in [9.17, 15) is 4.79 Å². The van der Waals surface area contributed by atoms with E-state index in [1.807, 2.05) is 6.07 Å². The number of hydrogen-bond acceptors (Lipinski definition) is 2. The van der Waals surface area contributed by atoms with Crippen molar-refractivity contribution in [2.75, 3.05) is 0 Å². The van der Waals surface area contributed by atoms with Crippen LogP contribution in [-0.2, 0) is 17.6 Å². The van der Waals surface area contributed by atoms with Crippen LogP contribution < -0.4 is 0 Å². The minimum atomic E-state index is -1.06. The number of carbonyl (C=O) groups is 1. The lowest BCUT2D eigenvalue weighted by Crippen LogP contribution is -1.86. The SMILES string of the molecule is O=C(O)C#Cc1cc2c(s1)CCC2. The summed E-state index contributed by atoms with van der Waals surface area (Å²) in [7, 11) is 0. The maximum absolute atomic E-state index is 10.2. The van der Waals surface area contributed by atoms with Gasteiger partial charge in [0.15, 0.2) is 0 Å². The first kappa shape index (κ1) is 8.33. The first-order valence-electron chi connectivity index (χ1n) is 4.12. The lowest BCUT2D eigenvalue weighted by atomic mass is 10.2. The molecule has 1 aliphatic carbocycles. The Bertz CT molecular complexity index is 385. The molecule has 0 spiro atoms. The molecule has 1 heterocycles. The van der Waals surface area contributed by atoms with Gasteiger partial charge in [0.2, 0.25) is 0 Å². The van der Waals surface area contributed by atoms with Gasteiger partial charge in [0, 0.05) is 10.8 Å². The summed E-state index contributed by atoms with van der Waals surface area (Å²) in [5, 5.41) is 8.35. The second-order valence-corrected chi connectivity index (χ2v) is 4.10. The van der Waals surface area contributed by atoms with Crippen LogP contribution in [0.15, 0.2) is 6.07 Å². The van der Waals surface area contributed by atoms with Crippen LogP contribution in [0.2, 0.25) is 0 Å². The van der Waals surface area contributed by atoms with Gasteiger partial charge in [-0.15, -0.1) is 11.3 Å². The fourth-order valence-corrected chi connectivity index (χ4v) is 2.61. The van der Waals surface area contributed by atoms with Gasteiger partial charge in [-0.25, -0.2) is 4.79 Å². The van der Waals surface area contributed by atoms with Gasteiger partial charge < -0.3 is 5.11 Å². The Hall–Kier alpha value is -1.27. The molecule has 0 aliphatic heterocycles. The summed E-state index contributed by atoms with van der Waals surface area (Å²) in [5.74, 6) is 3.71. The Morgan fingerprint density at radius 2 is 2.38 bits per heavy atom. The zero-order chi connectivity index (χ0) is 9.26. The summed E-state index contributed by atoms with van der Waals surface area (Å²) < 4.78 is 0. The predicted octanol–water partition coefficient (Wildman–Crippen LogP) is 1.67. The molecule has 1 aromatic rings. The lowest BCUT2D eigenvalue weighted by Gasteiger charge is -1.81. The molecule has 0 fully saturated rings. The molecule has 0 unspecified atom stereocenters. The molecule has 0 saturated heterocycles. The molecule has 13 heavy (non-hydrogen) atoms. The molecule has 0 amide bonds. The van der Waals surface area contributed by atoms with Gasteiger partial charge in [0.1, 0.15) is 0 Å². The molecule has 2 nitrogen and oxygen atoms in total. The summed E-state index contributed by atoms with van der Waals surface area (Å²) in [5.41, 5.74) is 1.36. The van der Waals surface area contributed by atoms with Crippen molar-refractivity contribution in [3.8, 4) is 11.8 Å². The first-order valence-corrected chi connectivity index (χ1v) is 4.94. The summed E-state index contributed by atoms with van der Waals surface area (Å²) in [6.45, 7) is 0. The highest BCUT2D eigenvalue weighted by Crippen LogP contribution is 2.29. The Morgan fingerprint density at radius 1 is 1.54 bits per heavy atom. The van der Waals surface area contributed by atoms with Crippen LogP contribution in [0.3, 0.4) is 0 Å². The minimum Gasteiger partial charge on any atom is -0.472 e. The second kappa shape index (κ2) is 3.23. The van der Waals surface area contributed by atoms with Crippen LogP contribution in [0.5, 0.6) is 0 Å². The fourth-order valence-electron chi connectivity index (χ4n) is 1.51. The quantitative estimate of drug-likeness (QED) is 0.635. The van der Waals surface area contributed by atoms with Crippen LogP contribution in [0.1, 0.15) is 21.7 Å². The average Bonchev–Trinajstić information content (AvgIpc) is 2.58. The smallest absolute Gasteiger partial charge is 0.382 e. The summed E-state index contributed by atoms with van der Waals surface area (Å²) in [4.78, 5) is 12.4. The van der Waals surface area contributed by atoms with Crippen LogP contribution in [-0.4, -0.2) is 11.1 Å². The largest absolute Gasteiger partial charge is 0.472 e. The van der Waals surface area contributed by atoms with Gasteiger partial charge in [-0.2, -0.15) is 0 Å². The normalized spacial score (nSPS) is 13.2. The minimum absolute atomic E-state index is 0.882. The second-order valence-electron chi connectivity index (χ2n) is 2.97. The van der Waals surface area contributed by atoms with Crippen molar-refractivity contribution >= 4 is 17.3 Å². The highest BCUT2D eigenvalue weighted by atomic mass is 32.1. The van der Waals surface area contributed by atoms with E-state index in [2.05, 4.69) is 11.8 Å². The topological polar surface area (TPSA) is 37.3 Å². The van der Waals surface area contributed by atoms with Crippen LogP contribution >= 0.6 is 11.3 Å². The Labute approximate surface area is 80.2 Å². The predicted molar refractivity (Wildman–Crippen MR) is 50.9 cm³/mol. The number of thiophene rings is 1. The van der Waals surface area contributed by atoms with E-state index in [1.54, 1.807) is 11.3 Å². The van der Waals surface area contributed by atoms with Gasteiger partial charge in [0.25, 0.3) is 0 Å². The molecular weight excluding hydrogens is 184 g/mol. The van der Waals surface area contributed by atoms with Crippen LogP contribution in [0.4, 0.5) is 0 Å². The molecule has 1 N–H and O–H groups in total. The summed E-state index contributed by atoms with van der Waals surface area (Å²) in [6.07, 6.45) is 3.49. The molecule has 0 saturated carbocycles. The molecule has 66 valence electrons. The Kier molecular flexibility index (Phi) is 2.07. The molecule has 1 aromatic heterocycles. The third-order valence-corrected chi connectivity index (χ3v) is 3.19. The van der Waals surface area contributed by atoms with Crippen molar-refractivity contribution in [2.45, 2.75) is 19.3 Å². The van der Waals surface area contributed by atoms with Crippen molar-refractivity contribution in [2.24, 2.45) is 0 Å². The Balaban J connectivity index is 2.25. The monoisotopic (exact) mass is 192 g/mol. The Morgan fingerprint density at radius 3 is 3.08 bits per heavy atom. The van der Waals surface area contributed by atoms with E-state index >= 15 is 0 Å². The number of aliphatic carboxylic acids is 1. The third-order valence-electron chi connectivity index (χ3n) is 2.04. The fraction of sp³-hybridized carbons (Fsp3) is 0.300. The first-order chi connectivity index (χ1) is 6.25. The highest BCUT2D eigenvalue weighted by Gasteiger charge is 2.13. The number of hydrogen-bond donors (Lipinski definition) is 1. The maximum atomic E-state index is 10.2. The van der Waals surface area contributed by atoms with E-state index in [1.165, 1.54) is 16.9 Å². The van der Waals surface area contributed by atoms with Crippen molar-refractivity contribution < 1.29 is 9.90 Å². The van der Waals surface area contributed by atoms with E-state index in [-0.39, 0.29) is 0 Å². The van der Waals surface area contributed by atoms with Gasteiger partial charge in [-0.1, -0.05) is 0 Å². The molecular formula is C10H8O2S. The number of carboxylic acids is 1. The molecule has 3 heteroatoms. The zero-order valence-electron chi connectivity index (χ0n) is 6.96. The maximum Gasteiger partial charge on any atom is 0.382 e. The van der Waals surface area contributed by atoms with Crippen LogP contribution in [0, 0.1) is 11.8 Å². The average molecular weight is 192 g/mol. The number of aryl methyl sites for hydroxylation is 2. The van der Waals surface area contributed by atoms with Gasteiger partial charge in [0.05, 0.1) is 4.88 Å². The molecule has 1 aliphatic rings. The van der Waals surface area contributed by atoms with Gasteiger partial charge in [-0.05, 0) is 36.8 Å². The summed E-state index contributed by atoms with van der Waals surface area (Å²) in [6, 6.07) is 2.02. The van der Waals surface area contributed by atoms with E-state index in [4.69, 9.17) is 5.11 Å². The van der Waals surface area contributed by atoms with Gasteiger partial charge in [-0.3, -0.25) is 0 Å². The van der Waals surface area contributed by atoms with Crippen LogP contribution in [0.25, 0.3) is 0 Å². The van der Waals surface area contributed by atoms with E-state index in [0.717, 1.165) is 17.7 Å². The van der Waals surface area contributed by atoms with Crippen molar-refractivity contribution in [1.29, 1.82) is 0 Å². The summed E-state index contributed by atoms with van der Waals surface area (Å²) >= 11 is 1.63.